The smallest absolute Gasteiger partial charge is 0.246 e. The molecule has 2 aromatic carbocycles. The Labute approximate surface area is 261 Å². The number of H-pyrrole nitrogens is 1. The van der Waals surface area contributed by atoms with Gasteiger partial charge in [-0.3, -0.25) is 14.8 Å². The summed E-state index contributed by atoms with van der Waals surface area (Å²) >= 11 is 6.96. The van der Waals surface area contributed by atoms with Gasteiger partial charge in [-0.15, -0.1) is 0 Å². The number of nitrogens with one attached hydrogen (secondary N) is 1. The van der Waals surface area contributed by atoms with Crippen LogP contribution in [0.25, 0.3) is 32.9 Å². The van der Waals surface area contributed by atoms with E-state index < -0.39 is 5.82 Å². The normalized spacial score (nSPS) is 21.3. The van der Waals surface area contributed by atoms with Crippen LogP contribution in [0.3, 0.4) is 0 Å². The van der Waals surface area contributed by atoms with Gasteiger partial charge in [0.05, 0.1) is 16.7 Å². The number of aryl methyl sites for hydroxylation is 1. The third kappa shape index (κ3) is 4.61. The van der Waals surface area contributed by atoms with Crippen molar-refractivity contribution in [3.05, 3.63) is 53.5 Å². The van der Waals surface area contributed by atoms with Crippen molar-refractivity contribution in [3.8, 4) is 11.1 Å². The molecule has 2 saturated heterocycles. The van der Waals surface area contributed by atoms with Crippen LogP contribution in [0, 0.1) is 12.7 Å². The number of anilines is 2. The third-order valence-corrected chi connectivity index (χ3v) is 10.3. The number of rotatable bonds is 6. The molecule has 1 aliphatic carbocycles. The number of aromatic amines is 1. The highest BCUT2D eigenvalue weighted by Crippen LogP contribution is 2.43. The fourth-order valence-corrected chi connectivity index (χ4v) is 7.30. The molecule has 1 amide bonds. The zero-order chi connectivity index (χ0) is 30.9. The molecule has 7 rings (SSSR count). The average molecular weight is 617 g/mol. The minimum absolute atomic E-state index is 0.0718. The zero-order valence-corrected chi connectivity index (χ0v) is 26.4. The summed E-state index contributed by atoms with van der Waals surface area (Å²) < 4.78 is 17.0. The van der Waals surface area contributed by atoms with Gasteiger partial charge < -0.3 is 14.7 Å². The lowest BCUT2D eigenvalue weighted by Gasteiger charge is -2.49. The van der Waals surface area contributed by atoms with Crippen molar-refractivity contribution in [1.82, 2.24) is 30.0 Å². The van der Waals surface area contributed by atoms with Crippen molar-refractivity contribution in [1.29, 1.82) is 0 Å². The molecule has 4 aromatic rings. The zero-order valence-electron chi connectivity index (χ0n) is 25.6. The van der Waals surface area contributed by atoms with Gasteiger partial charge in [-0.1, -0.05) is 36.7 Å². The Bertz CT molecular complexity index is 1780. The van der Waals surface area contributed by atoms with Crippen LogP contribution in [0.2, 0.25) is 5.02 Å². The summed E-state index contributed by atoms with van der Waals surface area (Å²) in [6.45, 7) is 12.3. The molecule has 0 radical (unpaired) electrons. The first-order valence-electron chi connectivity index (χ1n) is 15.5. The number of likely N-dealkylation sites (N-methyl/N-ethyl adjacent to an activating group) is 1. The standard InChI is InChI=1S/C33H38ClFN8O/c1-6-26(44)42-14-20(4)43(15-19(42)3)32-24-12-25(34)28(27-18(2)10-11-21-13-36-39-30(21)27)29(35)31(24)37-33(38-32)41-16-23(17-41)40(5)22-8-7-9-22/h6,10-13,19-20,22-23H,1,7-9,14-17H2,2-5H3,(H,36,39)/t19-,20+/m1/s1. The topological polar surface area (TPSA) is 84.5 Å². The Morgan fingerprint density at radius 1 is 1.11 bits per heavy atom. The number of carbonyl (C=O) groups excluding carboxylic acids is 1. The molecule has 1 N–H and O–H groups in total. The van der Waals surface area contributed by atoms with Crippen molar-refractivity contribution >= 4 is 51.1 Å². The average Bonchev–Trinajstić information content (AvgIpc) is 3.42. The van der Waals surface area contributed by atoms with E-state index in [-0.39, 0.29) is 28.5 Å². The molecule has 2 aliphatic heterocycles. The van der Waals surface area contributed by atoms with Gasteiger partial charge in [0, 0.05) is 72.2 Å². The van der Waals surface area contributed by atoms with Crippen LogP contribution in [0.15, 0.2) is 37.1 Å². The van der Waals surface area contributed by atoms with E-state index in [0.29, 0.717) is 53.5 Å². The van der Waals surface area contributed by atoms with Crippen molar-refractivity contribution in [2.24, 2.45) is 0 Å². The van der Waals surface area contributed by atoms with Crippen LogP contribution in [0.5, 0.6) is 0 Å². The molecule has 3 aliphatic rings. The van der Waals surface area contributed by atoms with Crippen molar-refractivity contribution in [3.63, 3.8) is 0 Å². The van der Waals surface area contributed by atoms with Gasteiger partial charge in [0.1, 0.15) is 11.3 Å². The van der Waals surface area contributed by atoms with E-state index in [1.165, 1.54) is 25.3 Å². The molecule has 11 heteroatoms. The molecule has 44 heavy (non-hydrogen) atoms. The number of benzene rings is 2. The molecule has 4 heterocycles. The minimum atomic E-state index is -0.479. The molecule has 0 spiro atoms. The predicted molar refractivity (Wildman–Crippen MR) is 174 cm³/mol. The van der Waals surface area contributed by atoms with Gasteiger partial charge in [-0.25, -0.2) is 9.37 Å². The van der Waals surface area contributed by atoms with Gasteiger partial charge in [0.2, 0.25) is 11.9 Å². The highest BCUT2D eigenvalue weighted by atomic mass is 35.5. The molecule has 2 aromatic heterocycles. The molecule has 0 bridgehead atoms. The molecule has 1 saturated carbocycles. The SMILES string of the molecule is C=CC(=O)N1C[C@H](C)N(c2nc(N3CC(N(C)C4CCC4)C3)nc3c(F)c(-c4c(C)ccc5cn[nH]c45)c(Cl)cc23)C[C@H]1C. The van der Waals surface area contributed by atoms with E-state index in [1.807, 2.05) is 30.9 Å². The van der Waals surface area contributed by atoms with Crippen molar-refractivity contribution < 1.29 is 9.18 Å². The Balaban J connectivity index is 1.35. The van der Waals surface area contributed by atoms with Crippen LogP contribution >= 0.6 is 11.6 Å². The van der Waals surface area contributed by atoms with E-state index >= 15 is 4.39 Å². The quantitative estimate of drug-likeness (QED) is 0.284. The Morgan fingerprint density at radius 3 is 2.59 bits per heavy atom. The van der Waals surface area contributed by atoms with E-state index in [0.717, 1.165) is 29.6 Å². The number of hydrogen-bond acceptors (Lipinski definition) is 7. The van der Waals surface area contributed by atoms with Gasteiger partial charge >= 0.3 is 0 Å². The molecule has 9 nitrogen and oxygen atoms in total. The maximum absolute atomic E-state index is 17.0. The molecular weight excluding hydrogens is 579 g/mol. The number of nitrogens with zero attached hydrogens (tertiary/aromatic N) is 7. The fourth-order valence-electron chi connectivity index (χ4n) is 7.01. The monoisotopic (exact) mass is 616 g/mol. The van der Waals surface area contributed by atoms with Gasteiger partial charge in [0.25, 0.3) is 0 Å². The molecule has 0 unspecified atom stereocenters. The number of fused-ring (bicyclic) bond motifs is 2. The van der Waals surface area contributed by atoms with Crippen molar-refractivity contribution in [2.45, 2.75) is 64.2 Å². The van der Waals surface area contributed by atoms with Crippen LogP contribution in [-0.4, -0.2) is 93.3 Å². The summed E-state index contributed by atoms with van der Waals surface area (Å²) in [6.07, 6.45) is 6.87. The first kappa shape index (κ1) is 29.0. The largest absolute Gasteiger partial charge is 0.349 e. The van der Waals surface area contributed by atoms with E-state index in [4.69, 9.17) is 21.6 Å². The fraction of sp³-hybridized carbons (Fsp3) is 0.455. The Hall–Kier alpha value is -3.76. The van der Waals surface area contributed by atoms with Gasteiger partial charge in [-0.2, -0.15) is 10.1 Å². The van der Waals surface area contributed by atoms with Gasteiger partial charge in [0.15, 0.2) is 5.82 Å². The maximum Gasteiger partial charge on any atom is 0.246 e. The number of aromatic nitrogens is 4. The second-order valence-electron chi connectivity index (χ2n) is 12.7. The summed E-state index contributed by atoms with van der Waals surface area (Å²) in [5, 5.41) is 8.95. The highest BCUT2D eigenvalue weighted by molar-refractivity contribution is 6.35. The Morgan fingerprint density at radius 2 is 1.89 bits per heavy atom. The van der Waals surface area contributed by atoms with E-state index in [9.17, 15) is 4.79 Å². The maximum atomic E-state index is 17.0. The number of hydrogen-bond donors (Lipinski definition) is 1. The van der Waals surface area contributed by atoms with E-state index in [1.54, 1.807) is 12.3 Å². The summed E-state index contributed by atoms with van der Waals surface area (Å²) in [5.41, 5.74) is 2.83. The van der Waals surface area contributed by atoms with Crippen LogP contribution in [0.4, 0.5) is 16.2 Å². The lowest BCUT2D eigenvalue weighted by molar-refractivity contribution is -0.128. The summed E-state index contributed by atoms with van der Waals surface area (Å²) in [5.74, 6) is 0.572. The Kier molecular flexibility index (Phi) is 7.24. The molecular formula is C33H38ClFN8O. The van der Waals surface area contributed by atoms with E-state index in [2.05, 4.69) is 45.4 Å². The van der Waals surface area contributed by atoms with Gasteiger partial charge in [-0.05, 0) is 58.4 Å². The number of piperazine rings is 1. The number of amides is 1. The predicted octanol–water partition coefficient (Wildman–Crippen LogP) is 5.56. The first-order valence-corrected chi connectivity index (χ1v) is 15.8. The lowest BCUT2D eigenvalue weighted by atomic mass is 9.90. The molecule has 3 fully saturated rings. The molecule has 230 valence electrons. The second kappa shape index (κ2) is 11.0. The number of halogens is 2. The lowest BCUT2D eigenvalue weighted by Crippen LogP contribution is -2.62. The first-order chi connectivity index (χ1) is 21.2. The highest BCUT2D eigenvalue weighted by Gasteiger charge is 2.38. The van der Waals surface area contributed by atoms with Crippen LogP contribution in [-0.2, 0) is 4.79 Å². The second-order valence-corrected chi connectivity index (χ2v) is 13.1. The molecule has 2 atom stereocenters. The summed E-state index contributed by atoms with van der Waals surface area (Å²) in [7, 11) is 2.21. The third-order valence-electron chi connectivity index (χ3n) is 10.0. The van der Waals surface area contributed by atoms with Crippen LogP contribution < -0.4 is 9.80 Å². The minimum Gasteiger partial charge on any atom is -0.349 e. The summed E-state index contributed by atoms with van der Waals surface area (Å²) in [4.78, 5) is 31.2. The van der Waals surface area contributed by atoms with Crippen molar-refractivity contribution in [2.75, 3.05) is 43.0 Å². The summed E-state index contributed by atoms with van der Waals surface area (Å²) in [6, 6.07) is 6.61. The number of carbonyl (C=O) groups is 1. The van der Waals surface area contributed by atoms with Crippen LogP contribution in [0.1, 0.15) is 38.7 Å².